The molecular formula is C19H21N3O3S. The van der Waals surface area contributed by atoms with Crippen LogP contribution >= 0.6 is 11.3 Å². The first-order valence-electron chi connectivity index (χ1n) is 8.74. The van der Waals surface area contributed by atoms with E-state index < -0.39 is 0 Å². The third kappa shape index (κ3) is 3.25. The molecule has 1 fully saturated rings. The molecule has 6 nitrogen and oxygen atoms in total. The van der Waals surface area contributed by atoms with Crippen LogP contribution in [0.5, 0.6) is 0 Å². The predicted octanol–water partition coefficient (Wildman–Crippen LogP) is 2.33. The van der Waals surface area contributed by atoms with E-state index in [2.05, 4.69) is 10.3 Å². The lowest BCUT2D eigenvalue weighted by Gasteiger charge is -2.37. The largest absolute Gasteiger partial charge is 0.395 e. The van der Waals surface area contributed by atoms with Crippen molar-refractivity contribution in [1.82, 2.24) is 14.9 Å². The van der Waals surface area contributed by atoms with Gasteiger partial charge in [-0.25, -0.2) is 4.98 Å². The Kier molecular flexibility index (Phi) is 4.76. The Labute approximate surface area is 155 Å². The average molecular weight is 371 g/mol. The molecule has 0 bridgehead atoms. The molecule has 1 amide bonds. The quantitative estimate of drug-likeness (QED) is 0.621. The number of nitrogens with zero attached hydrogens (tertiary/aromatic N) is 2. The Morgan fingerprint density at radius 2 is 2.23 bits per heavy atom. The summed E-state index contributed by atoms with van der Waals surface area (Å²) in [5.41, 5.74) is 2.19. The maximum Gasteiger partial charge on any atom is 0.251 e. The van der Waals surface area contributed by atoms with Crippen LogP contribution < -0.4 is 5.32 Å². The average Bonchev–Trinajstić information content (AvgIpc) is 3.27. The van der Waals surface area contributed by atoms with Crippen LogP contribution in [0.15, 0.2) is 42.0 Å². The molecule has 2 aromatic heterocycles. The number of benzene rings is 1. The van der Waals surface area contributed by atoms with Crippen molar-refractivity contribution in [3.8, 4) is 0 Å². The van der Waals surface area contributed by atoms with Gasteiger partial charge in [0.15, 0.2) is 0 Å². The van der Waals surface area contributed by atoms with Crippen molar-refractivity contribution in [1.29, 1.82) is 0 Å². The van der Waals surface area contributed by atoms with Gasteiger partial charge in [-0.15, -0.1) is 11.3 Å². The number of nitrogens with one attached hydrogen (secondary N) is 1. The van der Waals surface area contributed by atoms with Crippen molar-refractivity contribution < 1.29 is 15.0 Å². The fraction of sp³-hybridized carbons (Fsp3) is 0.368. The number of aliphatic hydroxyl groups excluding tert-OH is 2. The number of amides is 1. The van der Waals surface area contributed by atoms with Crippen LogP contribution in [0.25, 0.3) is 11.0 Å². The summed E-state index contributed by atoms with van der Waals surface area (Å²) in [5.74, 6) is 0.128. The molecule has 1 unspecified atom stereocenters. The lowest BCUT2D eigenvalue weighted by atomic mass is 9.76. The van der Waals surface area contributed by atoms with Gasteiger partial charge in [0.25, 0.3) is 5.91 Å². The number of carbonyl (C=O) groups excluding carboxylic acids is 1. The molecule has 0 radical (unpaired) electrons. The number of imidazole rings is 1. The smallest absolute Gasteiger partial charge is 0.251 e. The normalized spacial score (nSPS) is 20.7. The van der Waals surface area contributed by atoms with E-state index in [1.807, 2.05) is 28.1 Å². The van der Waals surface area contributed by atoms with Crippen molar-refractivity contribution in [3.05, 3.63) is 52.5 Å². The molecule has 4 rings (SSSR count). The third-order valence-corrected chi connectivity index (χ3v) is 5.94. The Morgan fingerprint density at radius 3 is 2.92 bits per heavy atom. The number of aromatic nitrogens is 2. The predicted molar refractivity (Wildman–Crippen MR) is 100 cm³/mol. The lowest BCUT2D eigenvalue weighted by molar-refractivity contribution is 0.0241. The van der Waals surface area contributed by atoms with Crippen molar-refractivity contribution in [2.24, 2.45) is 5.92 Å². The molecule has 3 N–H and O–H groups in total. The van der Waals surface area contributed by atoms with Gasteiger partial charge in [-0.3, -0.25) is 4.79 Å². The third-order valence-electron chi connectivity index (χ3n) is 4.98. The first kappa shape index (κ1) is 17.2. The van der Waals surface area contributed by atoms with E-state index in [-0.39, 0.29) is 30.6 Å². The molecule has 0 aliphatic heterocycles. The summed E-state index contributed by atoms with van der Waals surface area (Å²) in [5, 5.41) is 23.9. The number of hydrogen-bond donors (Lipinski definition) is 3. The zero-order valence-electron chi connectivity index (χ0n) is 14.2. The van der Waals surface area contributed by atoms with Crippen LogP contribution in [0.2, 0.25) is 0 Å². The molecule has 1 aromatic carbocycles. The minimum absolute atomic E-state index is 0.0451. The molecule has 136 valence electrons. The molecule has 7 heteroatoms. The number of thiophene rings is 1. The number of rotatable bonds is 6. The lowest BCUT2D eigenvalue weighted by Crippen LogP contribution is -2.41. The van der Waals surface area contributed by atoms with Crippen LogP contribution in [0.3, 0.4) is 0 Å². The Morgan fingerprint density at radius 1 is 1.38 bits per heavy atom. The van der Waals surface area contributed by atoms with Crippen LogP contribution in [0, 0.1) is 5.92 Å². The fourth-order valence-corrected chi connectivity index (χ4v) is 4.38. The molecular weight excluding hydrogens is 350 g/mol. The molecule has 2 heterocycles. The van der Waals surface area contributed by atoms with Crippen molar-refractivity contribution in [3.63, 3.8) is 0 Å². The SMILES string of the molecule is O=C(NC(c1cccs1)C1CC(O)C1)c1ccc2c(c1)ncn2CCO. The van der Waals surface area contributed by atoms with Gasteiger partial charge in [0.1, 0.15) is 0 Å². The monoisotopic (exact) mass is 371 g/mol. The van der Waals surface area contributed by atoms with Gasteiger partial charge >= 0.3 is 0 Å². The van der Waals surface area contributed by atoms with Crippen LogP contribution in [-0.2, 0) is 6.54 Å². The van der Waals surface area contributed by atoms with Crippen LogP contribution in [0.1, 0.15) is 34.1 Å². The Balaban J connectivity index is 1.55. The standard InChI is InChI=1S/C19H21N3O3S/c23-6-5-22-11-20-15-10-12(3-4-16(15)22)19(25)21-18(13-8-14(24)9-13)17-2-1-7-26-17/h1-4,7,10-11,13-14,18,23-24H,5-6,8-9H2,(H,21,25). The molecule has 0 saturated heterocycles. The second-order valence-electron chi connectivity index (χ2n) is 6.72. The van der Waals surface area contributed by atoms with E-state index in [1.165, 1.54) is 0 Å². The number of fused-ring (bicyclic) bond motifs is 1. The highest BCUT2D eigenvalue weighted by Crippen LogP contribution is 2.39. The summed E-state index contributed by atoms with van der Waals surface area (Å²) in [6.45, 7) is 0.524. The maximum absolute atomic E-state index is 12.8. The number of hydrogen-bond acceptors (Lipinski definition) is 5. The van der Waals surface area contributed by atoms with Gasteiger partial charge < -0.3 is 20.1 Å². The summed E-state index contributed by atoms with van der Waals surface area (Å²) >= 11 is 1.62. The van der Waals surface area contributed by atoms with Gasteiger partial charge in [-0.05, 0) is 48.4 Å². The maximum atomic E-state index is 12.8. The van der Waals surface area contributed by atoms with Gasteiger partial charge in [0.2, 0.25) is 0 Å². The van der Waals surface area contributed by atoms with E-state index in [1.54, 1.807) is 29.8 Å². The van der Waals surface area contributed by atoms with Crippen molar-refractivity contribution in [2.75, 3.05) is 6.61 Å². The topological polar surface area (TPSA) is 87.4 Å². The second kappa shape index (κ2) is 7.19. The van der Waals surface area contributed by atoms with Gasteiger partial charge in [0, 0.05) is 17.0 Å². The zero-order valence-corrected chi connectivity index (χ0v) is 15.0. The second-order valence-corrected chi connectivity index (χ2v) is 7.70. The van der Waals surface area contributed by atoms with Crippen molar-refractivity contribution in [2.45, 2.75) is 31.5 Å². The van der Waals surface area contributed by atoms with Gasteiger partial charge in [-0.1, -0.05) is 6.07 Å². The summed E-state index contributed by atoms with van der Waals surface area (Å²) in [6, 6.07) is 9.36. The van der Waals surface area contributed by atoms with E-state index in [9.17, 15) is 9.90 Å². The molecule has 1 aliphatic rings. The first-order valence-corrected chi connectivity index (χ1v) is 9.61. The molecule has 1 aliphatic carbocycles. The fourth-order valence-electron chi connectivity index (χ4n) is 3.51. The zero-order chi connectivity index (χ0) is 18.1. The summed E-state index contributed by atoms with van der Waals surface area (Å²) in [7, 11) is 0. The Bertz CT molecular complexity index is 900. The Hall–Kier alpha value is -2.22. The molecule has 26 heavy (non-hydrogen) atoms. The highest BCUT2D eigenvalue weighted by atomic mass is 32.1. The van der Waals surface area contributed by atoms with Crippen LogP contribution in [0.4, 0.5) is 0 Å². The molecule has 1 atom stereocenters. The molecule has 0 spiro atoms. The highest BCUT2D eigenvalue weighted by molar-refractivity contribution is 7.10. The first-order chi connectivity index (χ1) is 12.7. The van der Waals surface area contributed by atoms with E-state index >= 15 is 0 Å². The summed E-state index contributed by atoms with van der Waals surface area (Å²) in [6.07, 6.45) is 2.85. The molecule has 1 saturated carbocycles. The number of aliphatic hydroxyl groups is 2. The minimum Gasteiger partial charge on any atom is -0.395 e. The highest BCUT2D eigenvalue weighted by Gasteiger charge is 2.36. The van der Waals surface area contributed by atoms with Crippen molar-refractivity contribution >= 4 is 28.3 Å². The van der Waals surface area contributed by atoms with E-state index in [0.717, 1.165) is 15.9 Å². The number of carbonyl (C=O) groups is 1. The summed E-state index contributed by atoms with van der Waals surface area (Å²) in [4.78, 5) is 18.2. The van der Waals surface area contributed by atoms with E-state index in [0.29, 0.717) is 24.9 Å². The molecule has 3 aromatic rings. The van der Waals surface area contributed by atoms with Gasteiger partial charge in [-0.2, -0.15) is 0 Å². The summed E-state index contributed by atoms with van der Waals surface area (Å²) < 4.78 is 1.86. The van der Waals surface area contributed by atoms with Crippen LogP contribution in [-0.4, -0.2) is 38.4 Å². The van der Waals surface area contributed by atoms with E-state index in [4.69, 9.17) is 5.11 Å². The van der Waals surface area contributed by atoms with Gasteiger partial charge in [0.05, 0.1) is 36.1 Å². The minimum atomic E-state index is -0.258.